The van der Waals surface area contributed by atoms with Crippen LogP contribution in [0.3, 0.4) is 0 Å². The summed E-state index contributed by atoms with van der Waals surface area (Å²) in [6.07, 6.45) is 2.62. The average Bonchev–Trinajstić information content (AvgIpc) is 3.13. The minimum Gasteiger partial charge on any atom is -0.363 e. The Morgan fingerprint density at radius 1 is 1.17 bits per heavy atom. The maximum atomic E-state index is 5.86. The standard InChI is InChI=1S/C15H18N2S/c16-10-12-4-1-2-6-15(12)17(13-7-8-13)11-14-5-3-9-18-14/h1-6,9,13H,7-8,10-11,16H2. The second-order valence-corrected chi connectivity index (χ2v) is 5.80. The van der Waals surface area contributed by atoms with Gasteiger partial charge in [-0.25, -0.2) is 0 Å². The van der Waals surface area contributed by atoms with Crippen LogP contribution in [0.2, 0.25) is 0 Å². The fourth-order valence-electron chi connectivity index (χ4n) is 2.33. The van der Waals surface area contributed by atoms with Gasteiger partial charge < -0.3 is 10.6 Å². The molecule has 2 N–H and O–H groups in total. The first-order valence-corrected chi connectivity index (χ1v) is 7.33. The van der Waals surface area contributed by atoms with Crippen molar-refractivity contribution in [3.05, 3.63) is 52.2 Å². The van der Waals surface area contributed by atoms with E-state index in [0.29, 0.717) is 12.6 Å². The molecule has 1 aliphatic rings. The number of hydrogen-bond donors (Lipinski definition) is 1. The predicted octanol–water partition coefficient (Wildman–Crippen LogP) is 3.38. The molecule has 0 aliphatic heterocycles. The molecule has 0 unspecified atom stereocenters. The van der Waals surface area contributed by atoms with Crippen LogP contribution in [0.1, 0.15) is 23.3 Å². The Balaban J connectivity index is 1.89. The monoisotopic (exact) mass is 258 g/mol. The molecule has 2 nitrogen and oxygen atoms in total. The zero-order valence-corrected chi connectivity index (χ0v) is 11.2. The number of benzene rings is 1. The average molecular weight is 258 g/mol. The molecule has 0 saturated heterocycles. The Bertz CT molecular complexity index is 503. The van der Waals surface area contributed by atoms with Crippen LogP contribution in [0.5, 0.6) is 0 Å². The lowest BCUT2D eigenvalue weighted by atomic mass is 10.1. The van der Waals surface area contributed by atoms with Crippen molar-refractivity contribution < 1.29 is 0 Å². The van der Waals surface area contributed by atoms with Gasteiger partial charge in [0.05, 0.1) is 6.54 Å². The van der Waals surface area contributed by atoms with Gasteiger partial charge in [0, 0.05) is 23.2 Å². The maximum absolute atomic E-state index is 5.86. The van der Waals surface area contributed by atoms with Crippen LogP contribution in [0.15, 0.2) is 41.8 Å². The molecule has 0 spiro atoms. The molecule has 94 valence electrons. The molecule has 1 aromatic carbocycles. The molecule has 1 aliphatic carbocycles. The van der Waals surface area contributed by atoms with E-state index in [2.05, 4.69) is 46.7 Å². The van der Waals surface area contributed by atoms with Gasteiger partial charge in [-0.1, -0.05) is 24.3 Å². The van der Waals surface area contributed by atoms with Gasteiger partial charge in [-0.05, 0) is 35.9 Å². The molecule has 18 heavy (non-hydrogen) atoms. The van der Waals surface area contributed by atoms with E-state index in [4.69, 9.17) is 5.73 Å². The number of thiophene rings is 1. The Morgan fingerprint density at radius 3 is 2.67 bits per heavy atom. The van der Waals surface area contributed by atoms with Gasteiger partial charge >= 0.3 is 0 Å². The summed E-state index contributed by atoms with van der Waals surface area (Å²) in [7, 11) is 0. The molecule has 3 heteroatoms. The summed E-state index contributed by atoms with van der Waals surface area (Å²) >= 11 is 1.83. The van der Waals surface area contributed by atoms with E-state index in [9.17, 15) is 0 Å². The molecule has 3 rings (SSSR count). The number of para-hydroxylation sites is 1. The lowest BCUT2D eigenvalue weighted by Crippen LogP contribution is -2.26. The van der Waals surface area contributed by atoms with Crippen molar-refractivity contribution in [1.29, 1.82) is 0 Å². The Hall–Kier alpha value is -1.32. The van der Waals surface area contributed by atoms with Gasteiger partial charge in [0.1, 0.15) is 0 Å². The van der Waals surface area contributed by atoms with Crippen molar-refractivity contribution in [3.8, 4) is 0 Å². The molecule has 1 fully saturated rings. The van der Waals surface area contributed by atoms with E-state index in [0.717, 1.165) is 6.54 Å². The highest BCUT2D eigenvalue weighted by Gasteiger charge is 2.30. The summed E-state index contributed by atoms with van der Waals surface area (Å²) in [6, 6.07) is 13.6. The third-order valence-corrected chi connectivity index (χ3v) is 4.28. The van der Waals surface area contributed by atoms with Crippen molar-refractivity contribution in [2.24, 2.45) is 5.73 Å². The molecule has 0 radical (unpaired) electrons. The molecule has 2 aromatic rings. The lowest BCUT2D eigenvalue weighted by Gasteiger charge is -2.26. The molecule has 0 bridgehead atoms. The summed E-state index contributed by atoms with van der Waals surface area (Å²) in [5.74, 6) is 0. The molecule has 1 aromatic heterocycles. The van der Waals surface area contributed by atoms with Crippen molar-refractivity contribution in [2.45, 2.75) is 32.0 Å². The molecule has 0 amide bonds. The first-order valence-electron chi connectivity index (χ1n) is 6.45. The predicted molar refractivity (Wildman–Crippen MR) is 77.9 cm³/mol. The normalized spacial score (nSPS) is 14.7. The zero-order chi connectivity index (χ0) is 12.4. The second-order valence-electron chi connectivity index (χ2n) is 4.77. The molecule has 1 saturated carbocycles. The summed E-state index contributed by atoms with van der Waals surface area (Å²) in [4.78, 5) is 3.95. The van der Waals surface area contributed by atoms with Crippen molar-refractivity contribution in [1.82, 2.24) is 0 Å². The number of nitrogens with zero attached hydrogens (tertiary/aromatic N) is 1. The van der Waals surface area contributed by atoms with Gasteiger partial charge in [0.15, 0.2) is 0 Å². The van der Waals surface area contributed by atoms with Crippen LogP contribution in [-0.2, 0) is 13.1 Å². The van der Waals surface area contributed by atoms with Gasteiger partial charge in [-0.15, -0.1) is 11.3 Å². The van der Waals surface area contributed by atoms with Crippen LogP contribution >= 0.6 is 11.3 Å². The molecular formula is C15H18N2S. The largest absolute Gasteiger partial charge is 0.363 e. The van der Waals surface area contributed by atoms with E-state index in [1.54, 1.807) is 0 Å². The highest BCUT2D eigenvalue weighted by molar-refractivity contribution is 7.09. The fraction of sp³-hybridized carbons (Fsp3) is 0.333. The Morgan fingerprint density at radius 2 is 2.00 bits per heavy atom. The number of rotatable bonds is 5. The number of anilines is 1. The van der Waals surface area contributed by atoms with E-state index in [-0.39, 0.29) is 0 Å². The Labute approximate surface area is 112 Å². The quantitative estimate of drug-likeness (QED) is 0.891. The smallest absolute Gasteiger partial charge is 0.0526 e. The third-order valence-electron chi connectivity index (χ3n) is 3.41. The summed E-state index contributed by atoms with van der Waals surface area (Å²) in [6.45, 7) is 1.63. The van der Waals surface area contributed by atoms with Crippen molar-refractivity contribution >= 4 is 17.0 Å². The number of hydrogen-bond acceptors (Lipinski definition) is 3. The van der Waals surface area contributed by atoms with Crippen molar-refractivity contribution in [3.63, 3.8) is 0 Å². The van der Waals surface area contributed by atoms with Gasteiger partial charge in [0.25, 0.3) is 0 Å². The lowest BCUT2D eigenvalue weighted by molar-refractivity contribution is 0.794. The highest BCUT2D eigenvalue weighted by atomic mass is 32.1. The van der Waals surface area contributed by atoms with Crippen molar-refractivity contribution in [2.75, 3.05) is 4.90 Å². The summed E-state index contributed by atoms with van der Waals surface area (Å²) in [5, 5.41) is 2.15. The fourth-order valence-corrected chi connectivity index (χ4v) is 3.03. The van der Waals surface area contributed by atoms with E-state index < -0.39 is 0 Å². The summed E-state index contributed by atoms with van der Waals surface area (Å²) < 4.78 is 0. The van der Waals surface area contributed by atoms with Crippen LogP contribution in [0, 0.1) is 0 Å². The minimum absolute atomic E-state index is 0.615. The maximum Gasteiger partial charge on any atom is 0.0526 e. The van der Waals surface area contributed by atoms with E-state index >= 15 is 0 Å². The van der Waals surface area contributed by atoms with Crippen LogP contribution in [0.4, 0.5) is 5.69 Å². The first-order chi connectivity index (χ1) is 8.88. The van der Waals surface area contributed by atoms with Gasteiger partial charge in [-0.2, -0.15) is 0 Å². The van der Waals surface area contributed by atoms with Crippen LogP contribution < -0.4 is 10.6 Å². The van der Waals surface area contributed by atoms with Crippen LogP contribution in [-0.4, -0.2) is 6.04 Å². The van der Waals surface area contributed by atoms with Gasteiger partial charge in [-0.3, -0.25) is 0 Å². The van der Waals surface area contributed by atoms with Crippen LogP contribution in [0.25, 0.3) is 0 Å². The Kier molecular flexibility index (Phi) is 3.35. The highest BCUT2D eigenvalue weighted by Crippen LogP contribution is 2.35. The minimum atomic E-state index is 0.615. The molecular weight excluding hydrogens is 240 g/mol. The number of nitrogens with two attached hydrogens (primary N) is 1. The first kappa shape index (κ1) is 11.8. The zero-order valence-electron chi connectivity index (χ0n) is 10.4. The third kappa shape index (κ3) is 2.42. The van der Waals surface area contributed by atoms with E-state index in [1.165, 1.54) is 29.0 Å². The SMILES string of the molecule is NCc1ccccc1N(Cc1cccs1)C1CC1. The second kappa shape index (κ2) is 5.12. The van der Waals surface area contributed by atoms with Gasteiger partial charge in [0.2, 0.25) is 0 Å². The topological polar surface area (TPSA) is 29.3 Å². The molecule has 0 atom stereocenters. The molecule has 1 heterocycles. The van der Waals surface area contributed by atoms with E-state index in [1.807, 2.05) is 11.3 Å². The summed E-state index contributed by atoms with van der Waals surface area (Å²) in [5.41, 5.74) is 8.42.